The lowest BCUT2D eigenvalue weighted by Gasteiger charge is -2.52. The molecule has 1 aliphatic carbocycles. The summed E-state index contributed by atoms with van der Waals surface area (Å²) in [7, 11) is 0. The average Bonchev–Trinajstić information content (AvgIpc) is 3.35. The van der Waals surface area contributed by atoms with Crippen LogP contribution in [0.4, 0.5) is 0 Å². The van der Waals surface area contributed by atoms with E-state index in [1.165, 1.54) is 43.4 Å². The molecule has 2 saturated heterocycles. The molecule has 2 aliphatic heterocycles. The molecule has 1 spiro atoms. The van der Waals surface area contributed by atoms with Crippen molar-refractivity contribution in [3.8, 4) is 5.69 Å². The number of aryl methyl sites for hydroxylation is 1. The molecule has 3 heterocycles. The molecule has 3 fully saturated rings. The molecule has 3 aliphatic rings. The maximum atomic E-state index is 13.9. The summed E-state index contributed by atoms with van der Waals surface area (Å²) in [5, 5.41) is 8.26. The van der Waals surface area contributed by atoms with E-state index in [-0.39, 0.29) is 17.9 Å². The van der Waals surface area contributed by atoms with Crippen molar-refractivity contribution in [2.24, 2.45) is 5.92 Å². The molecule has 1 saturated carbocycles. The molecule has 5 rings (SSSR count). The number of para-hydroxylation sites is 1. The predicted molar refractivity (Wildman–Crippen MR) is 159 cm³/mol. The average molecular weight is 548 g/mol. The van der Waals surface area contributed by atoms with Crippen molar-refractivity contribution in [1.82, 2.24) is 24.9 Å². The highest BCUT2D eigenvalue weighted by atomic mass is 16.2. The van der Waals surface area contributed by atoms with Crippen LogP contribution < -0.4 is 5.32 Å². The van der Waals surface area contributed by atoms with Crippen molar-refractivity contribution in [2.45, 2.75) is 116 Å². The van der Waals surface area contributed by atoms with Gasteiger partial charge in [-0.1, -0.05) is 77.5 Å². The van der Waals surface area contributed by atoms with Crippen LogP contribution in [0, 0.1) is 5.92 Å². The molecule has 0 bridgehead atoms. The molecular formula is C33H49N5O2. The number of unbranched alkanes of at least 4 members (excludes halogenated alkanes) is 1. The number of nitrogens with one attached hydrogen (secondary N) is 1. The van der Waals surface area contributed by atoms with Crippen LogP contribution in [0.2, 0.25) is 0 Å². The summed E-state index contributed by atoms with van der Waals surface area (Å²) in [4.78, 5) is 32.2. The molecule has 1 aromatic carbocycles. The van der Waals surface area contributed by atoms with Crippen LogP contribution in [0.1, 0.15) is 102 Å². The van der Waals surface area contributed by atoms with E-state index < -0.39 is 5.54 Å². The van der Waals surface area contributed by atoms with Gasteiger partial charge in [0, 0.05) is 37.4 Å². The second kappa shape index (κ2) is 12.9. The zero-order chi connectivity index (χ0) is 28.1. The maximum absolute atomic E-state index is 13.9. The van der Waals surface area contributed by atoms with Crippen LogP contribution in [-0.4, -0.2) is 62.6 Å². The van der Waals surface area contributed by atoms with Gasteiger partial charge in [-0.05, 0) is 56.6 Å². The lowest BCUT2D eigenvalue weighted by atomic mass is 9.79. The normalized spacial score (nSPS) is 22.2. The number of benzene rings is 1. The summed E-state index contributed by atoms with van der Waals surface area (Å²) in [6.45, 7) is 9.68. The number of hydrogen-bond donors (Lipinski definition) is 1. The fourth-order valence-corrected chi connectivity index (χ4v) is 7.38. The van der Waals surface area contributed by atoms with Gasteiger partial charge in [0.05, 0.1) is 11.4 Å². The number of rotatable bonds is 10. The zero-order valence-corrected chi connectivity index (χ0v) is 25.0. The molecule has 0 radical (unpaired) electrons. The zero-order valence-electron chi connectivity index (χ0n) is 25.0. The Hall–Kier alpha value is -2.67. The molecule has 1 N–H and O–H groups in total. The number of amides is 2. The summed E-state index contributed by atoms with van der Waals surface area (Å²) in [6.07, 6.45) is 12.2. The Morgan fingerprint density at radius 2 is 1.70 bits per heavy atom. The van der Waals surface area contributed by atoms with E-state index in [2.05, 4.69) is 59.9 Å². The van der Waals surface area contributed by atoms with Crippen molar-refractivity contribution in [1.29, 1.82) is 0 Å². The molecule has 7 nitrogen and oxygen atoms in total. The van der Waals surface area contributed by atoms with Crippen molar-refractivity contribution >= 4 is 11.8 Å². The number of likely N-dealkylation sites (tertiary alicyclic amines) is 1. The summed E-state index contributed by atoms with van der Waals surface area (Å²) >= 11 is 0. The van der Waals surface area contributed by atoms with Crippen LogP contribution in [0.3, 0.4) is 0 Å². The largest absolute Gasteiger partial charge is 0.342 e. The SMILES string of the molecule is CCCCN1C(=O)C(CC2CCCCC2)NC(=O)C12CCN(Cc1c(CC)nn(-c3ccccc3)c1CC)CC2. The Kier molecular flexibility index (Phi) is 9.29. The number of nitrogens with zero attached hydrogens (tertiary/aromatic N) is 4. The summed E-state index contributed by atoms with van der Waals surface area (Å²) < 4.78 is 2.12. The van der Waals surface area contributed by atoms with E-state index in [1.807, 2.05) is 11.0 Å². The minimum absolute atomic E-state index is 0.0871. The van der Waals surface area contributed by atoms with Gasteiger partial charge >= 0.3 is 0 Å². The van der Waals surface area contributed by atoms with Gasteiger partial charge in [-0.2, -0.15) is 5.10 Å². The number of carbonyl (C=O) groups excluding carboxylic acids is 2. The van der Waals surface area contributed by atoms with E-state index in [9.17, 15) is 9.59 Å². The molecule has 2 amide bonds. The van der Waals surface area contributed by atoms with Gasteiger partial charge < -0.3 is 10.2 Å². The second-order valence-electron chi connectivity index (χ2n) is 12.2. The Balaban J connectivity index is 1.31. The highest BCUT2D eigenvalue weighted by molar-refractivity contribution is 6.00. The number of aromatic nitrogens is 2. The van der Waals surface area contributed by atoms with E-state index in [4.69, 9.17) is 5.10 Å². The van der Waals surface area contributed by atoms with Gasteiger partial charge in [-0.3, -0.25) is 14.5 Å². The third kappa shape index (κ3) is 5.72. The topological polar surface area (TPSA) is 70.5 Å². The van der Waals surface area contributed by atoms with Crippen LogP contribution in [0.5, 0.6) is 0 Å². The van der Waals surface area contributed by atoms with Crippen LogP contribution in [0.25, 0.3) is 5.69 Å². The molecule has 7 heteroatoms. The number of piperazine rings is 1. The first kappa shape index (κ1) is 28.8. The highest BCUT2D eigenvalue weighted by Crippen LogP contribution is 2.36. The van der Waals surface area contributed by atoms with Crippen LogP contribution in [0.15, 0.2) is 30.3 Å². The van der Waals surface area contributed by atoms with Crippen molar-refractivity contribution in [2.75, 3.05) is 19.6 Å². The Morgan fingerprint density at radius 1 is 0.975 bits per heavy atom. The summed E-state index contributed by atoms with van der Waals surface area (Å²) in [6, 6.07) is 10.0. The summed E-state index contributed by atoms with van der Waals surface area (Å²) in [5.41, 5.74) is 4.14. The van der Waals surface area contributed by atoms with Crippen LogP contribution >= 0.6 is 0 Å². The Labute approximate surface area is 240 Å². The van der Waals surface area contributed by atoms with E-state index >= 15 is 0 Å². The molecular weight excluding hydrogens is 498 g/mol. The molecule has 1 aromatic heterocycles. The van der Waals surface area contributed by atoms with Crippen molar-refractivity contribution in [3.05, 3.63) is 47.3 Å². The van der Waals surface area contributed by atoms with E-state index in [0.29, 0.717) is 25.3 Å². The quantitative estimate of drug-likeness (QED) is 0.431. The molecule has 218 valence electrons. The van der Waals surface area contributed by atoms with Crippen molar-refractivity contribution in [3.63, 3.8) is 0 Å². The van der Waals surface area contributed by atoms with Gasteiger partial charge in [-0.15, -0.1) is 0 Å². The monoisotopic (exact) mass is 547 g/mol. The first-order valence-electron chi connectivity index (χ1n) is 16.0. The number of hydrogen-bond acceptors (Lipinski definition) is 4. The van der Waals surface area contributed by atoms with E-state index in [1.54, 1.807) is 0 Å². The van der Waals surface area contributed by atoms with Gasteiger partial charge in [0.2, 0.25) is 11.8 Å². The van der Waals surface area contributed by atoms with Gasteiger partial charge in [0.25, 0.3) is 0 Å². The lowest BCUT2D eigenvalue weighted by molar-refractivity contribution is -0.162. The first-order chi connectivity index (χ1) is 19.5. The Morgan fingerprint density at radius 3 is 2.35 bits per heavy atom. The second-order valence-corrected chi connectivity index (χ2v) is 12.2. The number of carbonyl (C=O) groups is 2. The maximum Gasteiger partial charge on any atom is 0.246 e. The smallest absolute Gasteiger partial charge is 0.246 e. The molecule has 40 heavy (non-hydrogen) atoms. The number of piperidine rings is 1. The van der Waals surface area contributed by atoms with Gasteiger partial charge in [0.15, 0.2) is 0 Å². The van der Waals surface area contributed by atoms with E-state index in [0.717, 1.165) is 63.1 Å². The van der Waals surface area contributed by atoms with Gasteiger partial charge in [-0.25, -0.2) is 4.68 Å². The fourth-order valence-electron chi connectivity index (χ4n) is 7.38. The third-order valence-electron chi connectivity index (χ3n) is 9.75. The predicted octanol–water partition coefficient (Wildman–Crippen LogP) is 5.43. The lowest BCUT2D eigenvalue weighted by Crippen LogP contribution is -2.73. The van der Waals surface area contributed by atoms with Crippen molar-refractivity contribution < 1.29 is 9.59 Å². The fraction of sp³-hybridized carbons (Fsp3) is 0.667. The third-order valence-corrected chi connectivity index (χ3v) is 9.75. The molecule has 1 atom stereocenters. The molecule has 1 unspecified atom stereocenters. The standard InChI is InChI=1S/C33H49N5O2/c1-4-7-20-37-31(39)29(23-25-14-10-8-11-15-25)34-32(40)33(37)18-21-36(22-19-33)24-27-28(5-2)35-38(30(27)6-3)26-16-12-9-13-17-26/h9,12-13,16-17,25,29H,4-8,10-11,14-15,18-24H2,1-3H3,(H,34,40). The highest BCUT2D eigenvalue weighted by Gasteiger charge is 2.53. The minimum atomic E-state index is -0.707. The Bertz CT molecular complexity index is 1150. The van der Waals surface area contributed by atoms with Gasteiger partial charge in [0.1, 0.15) is 11.6 Å². The minimum Gasteiger partial charge on any atom is -0.342 e. The first-order valence-corrected chi connectivity index (χ1v) is 16.0. The molecule has 2 aromatic rings. The van der Waals surface area contributed by atoms with Crippen LogP contribution in [-0.2, 0) is 29.0 Å². The summed E-state index contributed by atoms with van der Waals surface area (Å²) in [5.74, 6) is 0.811.